The fourth-order valence-corrected chi connectivity index (χ4v) is 3.53. The molecule has 4 heterocycles. The Labute approximate surface area is 107 Å². The van der Waals surface area contributed by atoms with Crippen LogP contribution in [0.4, 0.5) is 0 Å². The molecule has 3 unspecified atom stereocenters. The van der Waals surface area contributed by atoms with Crippen LogP contribution in [0.3, 0.4) is 0 Å². The van der Waals surface area contributed by atoms with Gasteiger partial charge in [0.05, 0.1) is 5.52 Å². The summed E-state index contributed by atoms with van der Waals surface area (Å²) in [6, 6.07) is 3.36. The molecule has 3 atom stereocenters. The number of nitrogens with one attached hydrogen (secondary N) is 2. The van der Waals surface area contributed by atoms with Crippen LogP contribution in [-0.2, 0) is 0 Å². The van der Waals surface area contributed by atoms with E-state index in [0.29, 0.717) is 18.0 Å². The van der Waals surface area contributed by atoms with Gasteiger partial charge in [-0.25, -0.2) is 9.97 Å². The van der Waals surface area contributed by atoms with Crippen LogP contribution in [0.25, 0.3) is 11.2 Å². The Morgan fingerprint density at radius 1 is 1.35 bits per heavy atom. The second-order valence-electron chi connectivity index (χ2n) is 5.04. The molecule has 2 N–H and O–H groups in total. The molecular formula is C12H13BrN4. The summed E-state index contributed by atoms with van der Waals surface area (Å²) in [5.41, 5.74) is 1.85. The number of aromatic nitrogens is 3. The van der Waals surface area contributed by atoms with Gasteiger partial charge in [-0.15, -0.1) is 0 Å². The third-order valence-corrected chi connectivity index (χ3v) is 4.41. The fraction of sp³-hybridized carbons (Fsp3) is 0.500. The molecule has 5 heteroatoms. The largest absolute Gasteiger partial charge is 0.340 e. The van der Waals surface area contributed by atoms with Crippen molar-refractivity contribution < 1.29 is 0 Å². The highest BCUT2D eigenvalue weighted by molar-refractivity contribution is 9.10. The Kier molecular flexibility index (Phi) is 2.08. The van der Waals surface area contributed by atoms with Crippen LogP contribution >= 0.6 is 15.9 Å². The van der Waals surface area contributed by atoms with E-state index in [4.69, 9.17) is 0 Å². The number of hydrogen-bond acceptors (Lipinski definition) is 3. The monoisotopic (exact) mass is 292 g/mol. The van der Waals surface area contributed by atoms with E-state index < -0.39 is 0 Å². The van der Waals surface area contributed by atoms with Gasteiger partial charge in [-0.2, -0.15) is 0 Å². The maximum Gasteiger partial charge on any atom is 0.177 e. The highest BCUT2D eigenvalue weighted by Crippen LogP contribution is 2.39. The summed E-state index contributed by atoms with van der Waals surface area (Å²) in [6.45, 7) is 0. The van der Waals surface area contributed by atoms with Crippen molar-refractivity contribution in [2.45, 2.75) is 37.3 Å². The Hall–Kier alpha value is -0.940. The van der Waals surface area contributed by atoms with E-state index in [9.17, 15) is 0 Å². The quantitative estimate of drug-likeness (QED) is 0.848. The average Bonchev–Trinajstić information content (AvgIpc) is 3.01. The third-order valence-electron chi connectivity index (χ3n) is 3.97. The molecule has 2 bridgehead atoms. The van der Waals surface area contributed by atoms with Crippen LogP contribution in [-0.4, -0.2) is 27.0 Å². The molecule has 0 saturated carbocycles. The topological polar surface area (TPSA) is 53.6 Å². The molecule has 2 aromatic heterocycles. The predicted octanol–water partition coefficient (Wildman–Crippen LogP) is 2.33. The molecule has 4 nitrogen and oxygen atoms in total. The van der Waals surface area contributed by atoms with Gasteiger partial charge in [-0.1, -0.05) is 0 Å². The summed E-state index contributed by atoms with van der Waals surface area (Å²) in [6.07, 6.45) is 5.62. The van der Waals surface area contributed by atoms with Gasteiger partial charge in [0, 0.05) is 28.7 Å². The van der Waals surface area contributed by atoms with Crippen LogP contribution in [0.15, 0.2) is 16.7 Å². The first-order chi connectivity index (χ1) is 8.29. The lowest BCUT2D eigenvalue weighted by Gasteiger charge is -2.17. The summed E-state index contributed by atoms with van der Waals surface area (Å²) in [4.78, 5) is 12.4. The zero-order valence-electron chi connectivity index (χ0n) is 9.28. The van der Waals surface area contributed by atoms with Crippen LogP contribution < -0.4 is 5.32 Å². The minimum atomic E-state index is 0.543. The van der Waals surface area contributed by atoms with Crippen molar-refractivity contribution in [2.75, 3.05) is 0 Å². The number of rotatable bonds is 1. The van der Waals surface area contributed by atoms with E-state index in [-0.39, 0.29) is 0 Å². The average molecular weight is 293 g/mol. The summed E-state index contributed by atoms with van der Waals surface area (Å²) < 4.78 is 0.992. The van der Waals surface area contributed by atoms with E-state index in [1.807, 2.05) is 6.07 Å². The van der Waals surface area contributed by atoms with Crippen molar-refractivity contribution in [3.8, 4) is 0 Å². The van der Waals surface area contributed by atoms with Crippen molar-refractivity contribution in [1.29, 1.82) is 0 Å². The van der Waals surface area contributed by atoms with Gasteiger partial charge in [0.2, 0.25) is 0 Å². The lowest BCUT2D eigenvalue weighted by atomic mass is 9.89. The second kappa shape index (κ2) is 3.53. The van der Waals surface area contributed by atoms with Crippen molar-refractivity contribution in [3.05, 3.63) is 22.6 Å². The summed E-state index contributed by atoms with van der Waals surface area (Å²) >= 11 is 3.44. The highest BCUT2D eigenvalue weighted by atomic mass is 79.9. The molecule has 88 valence electrons. The summed E-state index contributed by atoms with van der Waals surface area (Å²) in [5, 5.41) is 3.64. The van der Waals surface area contributed by atoms with Crippen molar-refractivity contribution in [3.63, 3.8) is 0 Å². The fourth-order valence-electron chi connectivity index (χ4n) is 3.20. The smallest absolute Gasteiger partial charge is 0.177 e. The molecule has 0 aliphatic carbocycles. The number of pyridine rings is 1. The van der Waals surface area contributed by atoms with E-state index >= 15 is 0 Å². The molecule has 0 aromatic carbocycles. The molecule has 2 aliphatic rings. The normalized spacial score (nSPS) is 31.5. The van der Waals surface area contributed by atoms with Gasteiger partial charge >= 0.3 is 0 Å². The van der Waals surface area contributed by atoms with Gasteiger partial charge in [0.1, 0.15) is 5.82 Å². The molecule has 2 saturated heterocycles. The third kappa shape index (κ3) is 1.52. The zero-order valence-corrected chi connectivity index (χ0v) is 10.9. The summed E-state index contributed by atoms with van der Waals surface area (Å²) in [5.74, 6) is 1.65. The number of H-pyrrole nitrogens is 1. The molecular weight excluding hydrogens is 280 g/mol. The standard InChI is InChI=1S/C12H13BrN4/c13-6-3-10-12(14-5-6)17-11(16-10)8-4-7-1-2-9(8)15-7/h3,5,7-9,15H,1-2,4H2,(H,14,16,17). The van der Waals surface area contributed by atoms with Gasteiger partial charge in [0.15, 0.2) is 5.65 Å². The lowest BCUT2D eigenvalue weighted by Crippen LogP contribution is -2.22. The number of imidazole rings is 1. The SMILES string of the molecule is Brc1cnc2nc(C3CC4CCC3N4)[nH]c2c1. The zero-order chi connectivity index (χ0) is 11.4. The van der Waals surface area contributed by atoms with Gasteiger partial charge in [-0.05, 0) is 41.3 Å². The molecule has 0 spiro atoms. The summed E-state index contributed by atoms with van der Waals surface area (Å²) in [7, 11) is 0. The second-order valence-corrected chi connectivity index (χ2v) is 5.95. The molecule has 4 rings (SSSR count). The van der Waals surface area contributed by atoms with Crippen LogP contribution in [0.2, 0.25) is 0 Å². The Morgan fingerprint density at radius 3 is 3.06 bits per heavy atom. The van der Waals surface area contributed by atoms with Gasteiger partial charge < -0.3 is 10.3 Å². The van der Waals surface area contributed by atoms with E-state index in [1.165, 1.54) is 19.3 Å². The maximum atomic E-state index is 4.63. The van der Waals surface area contributed by atoms with Crippen LogP contribution in [0, 0.1) is 0 Å². The molecule has 2 aliphatic heterocycles. The predicted molar refractivity (Wildman–Crippen MR) is 68.9 cm³/mol. The molecule has 0 amide bonds. The van der Waals surface area contributed by atoms with Crippen LogP contribution in [0.1, 0.15) is 31.0 Å². The van der Waals surface area contributed by atoms with E-state index in [2.05, 4.69) is 36.2 Å². The molecule has 17 heavy (non-hydrogen) atoms. The Balaban J connectivity index is 1.76. The maximum absolute atomic E-state index is 4.63. The van der Waals surface area contributed by atoms with Crippen molar-refractivity contribution >= 4 is 27.1 Å². The van der Waals surface area contributed by atoms with Crippen molar-refractivity contribution in [1.82, 2.24) is 20.3 Å². The number of fused-ring (bicyclic) bond motifs is 3. The highest BCUT2D eigenvalue weighted by Gasteiger charge is 2.41. The molecule has 0 radical (unpaired) electrons. The van der Waals surface area contributed by atoms with E-state index in [1.54, 1.807) is 6.20 Å². The van der Waals surface area contributed by atoms with Gasteiger partial charge in [0.25, 0.3) is 0 Å². The van der Waals surface area contributed by atoms with Crippen molar-refractivity contribution in [2.24, 2.45) is 0 Å². The van der Waals surface area contributed by atoms with Gasteiger partial charge in [-0.3, -0.25) is 0 Å². The first-order valence-corrected chi connectivity index (χ1v) is 6.86. The molecule has 2 aromatic rings. The number of halogens is 1. The van der Waals surface area contributed by atoms with E-state index in [0.717, 1.165) is 21.5 Å². The molecule has 2 fully saturated rings. The number of aromatic amines is 1. The van der Waals surface area contributed by atoms with Crippen LogP contribution in [0.5, 0.6) is 0 Å². The lowest BCUT2D eigenvalue weighted by molar-refractivity contribution is 0.490. The first kappa shape index (κ1) is 10.0. The number of hydrogen-bond donors (Lipinski definition) is 2. The Morgan fingerprint density at radius 2 is 2.29 bits per heavy atom. The minimum absolute atomic E-state index is 0.543. The first-order valence-electron chi connectivity index (χ1n) is 6.07. The minimum Gasteiger partial charge on any atom is -0.340 e. The Bertz CT molecular complexity index is 579. The number of nitrogens with zero attached hydrogens (tertiary/aromatic N) is 2.